The molecule has 0 amide bonds. The lowest BCUT2D eigenvalue weighted by Gasteiger charge is -2.22. The minimum Gasteiger partial charge on any atom is -0.359 e. The van der Waals surface area contributed by atoms with E-state index in [1.807, 2.05) is 42.5 Å². The highest BCUT2D eigenvalue weighted by Crippen LogP contribution is 2.22. The van der Waals surface area contributed by atoms with Crippen molar-refractivity contribution in [2.45, 2.75) is 26.4 Å². The molecule has 0 spiro atoms. The average molecular weight is 338 g/mol. The second kappa shape index (κ2) is 7.45. The first-order valence-corrected chi connectivity index (χ1v) is 8.57. The Labute approximate surface area is 147 Å². The number of imidazole rings is 1. The lowest BCUT2D eigenvalue weighted by molar-refractivity contribution is 0.451. The summed E-state index contributed by atoms with van der Waals surface area (Å²) in [5, 5.41) is 7.29. The Kier molecular flexibility index (Phi) is 5.11. The van der Waals surface area contributed by atoms with Gasteiger partial charge < -0.3 is 15.6 Å². The number of aromatic amines is 1. The highest BCUT2D eigenvalue weighted by Gasteiger charge is 2.20. The van der Waals surface area contributed by atoms with Crippen LogP contribution in [-0.4, -0.2) is 15.1 Å². The van der Waals surface area contributed by atoms with Crippen molar-refractivity contribution in [2.24, 2.45) is 5.92 Å². The van der Waals surface area contributed by atoms with E-state index in [2.05, 4.69) is 41.6 Å². The lowest BCUT2D eigenvalue weighted by Crippen LogP contribution is -2.39. The van der Waals surface area contributed by atoms with E-state index >= 15 is 0 Å². The fourth-order valence-corrected chi connectivity index (χ4v) is 2.84. The van der Waals surface area contributed by atoms with Crippen LogP contribution in [0.25, 0.3) is 11.0 Å². The van der Waals surface area contributed by atoms with Crippen LogP contribution in [-0.2, 0) is 6.54 Å². The highest BCUT2D eigenvalue weighted by atomic mass is 32.1. The van der Waals surface area contributed by atoms with Crippen molar-refractivity contribution in [3.8, 4) is 0 Å². The number of aromatic nitrogens is 2. The second-order valence-electron chi connectivity index (χ2n) is 6.17. The van der Waals surface area contributed by atoms with Gasteiger partial charge in [-0.25, -0.2) is 4.98 Å². The zero-order valence-corrected chi connectivity index (χ0v) is 14.7. The summed E-state index contributed by atoms with van der Waals surface area (Å²) in [5.41, 5.74) is 3.22. The fourth-order valence-electron chi connectivity index (χ4n) is 2.64. The first-order valence-electron chi connectivity index (χ1n) is 8.16. The topological polar surface area (TPSA) is 52.7 Å². The SMILES string of the molecule is CC(C)[C@H](NC(=S)NCc1ccccc1)c1nc2ccccc2[nH]1. The zero-order valence-electron chi connectivity index (χ0n) is 13.9. The van der Waals surface area contributed by atoms with Crippen LogP contribution >= 0.6 is 12.2 Å². The predicted molar refractivity (Wildman–Crippen MR) is 103 cm³/mol. The smallest absolute Gasteiger partial charge is 0.167 e. The van der Waals surface area contributed by atoms with E-state index in [1.165, 1.54) is 5.56 Å². The normalized spacial score (nSPS) is 12.3. The molecule has 24 heavy (non-hydrogen) atoms. The van der Waals surface area contributed by atoms with Gasteiger partial charge in [0.2, 0.25) is 0 Å². The van der Waals surface area contributed by atoms with E-state index < -0.39 is 0 Å². The molecule has 1 heterocycles. The van der Waals surface area contributed by atoms with E-state index in [1.54, 1.807) is 0 Å². The maximum absolute atomic E-state index is 5.47. The van der Waals surface area contributed by atoms with Crippen molar-refractivity contribution in [2.75, 3.05) is 0 Å². The summed E-state index contributed by atoms with van der Waals surface area (Å²) >= 11 is 5.47. The molecule has 4 nitrogen and oxygen atoms in total. The van der Waals surface area contributed by atoms with Crippen LogP contribution in [0.3, 0.4) is 0 Å². The monoisotopic (exact) mass is 338 g/mol. The van der Waals surface area contributed by atoms with Gasteiger partial charge in [-0.2, -0.15) is 0 Å². The molecule has 1 atom stereocenters. The molecule has 1 aromatic heterocycles. The molecule has 2 aromatic carbocycles. The number of thiocarbonyl (C=S) groups is 1. The van der Waals surface area contributed by atoms with Gasteiger partial charge in [-0.05, 0) is 35.8 Å². The van der Waals surface area contributed by atoms with Crippen molar-refractivity contribution < 1.29 is 0 Å². The molecule has 0 aliphatic heterocycles. The molecule has 0 unspecified atom stereocenters. The van der Waals surface area contributed by atoms with Crippen LogP contribution < -0.4 is 10.6 Å². The van der Waals surface area contributed by atoms with Crippen molar-refractivity contribution >= 4 is 28.4 Å². The standard InChI is InChI=1S/C19H22N4S/c1-13(2)17(18-21-15-10-6-7-11-16(15)22-18)23-19(24)20-12-14-8-4-3-5-9-14/h3-11,13,17H,12H2,1-2H3,(H,21,22)(H2,20,23,24)/t17-/m0/s1. The number of hydrogen-bond donors (Lipinski definition) is 3. The summed E-state index contributed by atoms with van der Waals surface area (Å²) in [6, 6.07) is 18.3. The lowest BCUT2D eigenvalue weighted by atomic mass is 10.0. The maximum atomic E-state index is 5.47. The quantitative estimate of drug-likeness (QED) is 0.617. The van der Waals surface area contributed by atoms with Crippen molar-refractivity contribution in [1.82, 2.24) is 20.6 Å². The highest BCUT2D eigenvalue weighted by molar-refractivity contribution is 7.80. The number of nitrogens with one attached hydrogen (secondary N) is 3. The number of benzene rings is 2. The third-order valence-electron chi connectivity index (χ3n) is 3.95. The summed E-state index contributed by atoms with van der Waals surface area (Å²) in [6.07, 6.45) is 0. The first-order chi connectivity index (χ1) is 11.6. The molecule has 5 heteroatoms. The minimum atomic E-state index is 0.0353. The molecule has 3 N–H and O–H groups in total. The predicted octanol–water partition coefficient (Wildman–Crippen LogP) is 3.92. The number of fused-ring (bicyclic) bond motifs is 1. The van der Waals surface area contributed by atoms with E-state index in [0.717, 1.165) is 16.9 Å². The Morgan fingerprint density at radius 3 is 2.50 bits per heavy atom. The van der Waals surface area contributed by atoms with E-state index in [-0.39, 0.29) is 6.04 Å². The molecule has 0 aliphatic rings. The molecule has 0 radical (unpaired) electrons. The molecule has 3 aromatic rings. The molecule has 0 fully saturated rings. The first kappa shape index (κ1) is 16.5. The number of H-pyrrole nitrogens is 1. The van der Waals surface area contributed by atoms with Gasteiger partial charge in [0.1, 0.15) is 5.82 Å². The van der Waals surface area contributed by atoms with Crippen molar-refractivity contribution in [3.63, 3.8) is 0 Å². The average Bonchev–Trinajstić information content (AvgIpc) is 3.02. The van der Waals surface area contributed by atoms with Crippen LogP contribution in [0.2, 0.25) is 0 Å². The van der Waals surface area contributed by atoms with Crippen LogP contribution in [0.15, 0.2) is 54.6 Å². The third-order valence-corrected chi connectivity index (χ3v) is 4.21. The summed E-state index contributed by atoms with van der Waals surface area (Å²) in [7, 11) is 0. The van der Waals surface area contributed by atoms with Gasteiger partial charge in [-0.3, -0.25) is 0 Å². The summed E-state index contributed by atoms with van der Waals surface area (Å²) in [6.45, 7) is 5.02. The van der Waals surface area contributed by atoms with Gasteiger partial charge in [0.25, 0.3) is 0 Å². The van der Waals surface area contributed by atoms with E-state index in [0.29, 0.717) is 17.6 Å². The van der Waals surface area contributed by atoms with Gasteiger partial charge in [0.15, 0.2) is 5.11 Å². The van der Waals surface area contributed by atoms with Gasteiger partial charge in [-0.15, -0.1) is 0 Å². The Morgan fingerprint density at radius 2 is 1.79 bits per heavy atom. The number of para-hydroxylation sites is 2. The largest absolute Gasteiger partial charge is 0.359 e. The summed E-state index contributed by atoms with van der Waals surface area (Å²) < 4.78 is 0. The molecule has 3 rings (SSSR count). The Hall–Kier alpha value is -2.40. The van der Waals surface area contributed by atoms with Crippen molar-refractivity contribution in [3.05, 3.63) is 66.0 Å². The minimum absolute atomic E-state index is 0.0353. The Bertz CT molecular complexity index is 777. The number of hydrogen-bond acceptors (Lipinski definition) is 2. The number of nitrogens with zero attached hydrogens (tertiary/aromatic N) is 1. The molecular formula is C19H22N4S. The van der Waals surface area contributed by atoms with E-state index in [9.17, 15) is 0 Å². The second-order valence-corrected chi connectivity index (χ2v) is 6.58. The van der Waals surface area contributed by atoms with Gasteiger partial charge >= 0.3 is 0 Å². The molecule has 0 saturated carbocycles. The molecule has 0 bridgehead atoms. The van der Waals surface area contributed by atoms with Gasteiger partial charge in [0.05, 0.1) is 17.1 Å². The summed E-state index contributed by atoms with van der Waals surface area (Å²) in [4.78, 5) is 8.10. The van der Waals surface area contributed by atoms with Crippen LogP contribution in [0.4, 0.5) is 0 Å². The molecular weight excluding hydrogens is 316 g/mol. The zero-order chi connectivity index (χ0) is 16.9. The fraction of sp³-hybridized carbons (Fsp3) is 0.263. The third kappa shape index (κ3) is 3.92. The van der Waals surface area contributed by atoms with Gasteiger partial charge in [0, 0.05) is 6.54 Å². The van der Waals surface area contributed by atoms with E-state index in [4.69, 9.17) is 17.2 Å². The Balaban J connectivity index is 1.68. The summed E-state index contributed by atoms with van der Waals surface area (Å²) in [5.74, 6) is 1.26. The number of rotatable bonds is 5. The molecule has 0 aliphatic carbocycles. The van der Waals surface area contributed by atoms with Crippen molar-refractivity contribution in [1.29, 1.82) is 0 Å². The van der Waals surface area contributed by atoms with Gasteiger partial charge in [-0.1, -0.05) is 56.3 Å². The van der Waals surface area contributed by atoms with Crippen LogP contribution in [0, 0.1) is 5.92 Å². The molecule has 0 saturated heterocycles. The van der Waals surface area contributed by atoms with Crippen LogP contribution in [0.5, 0.6) is 0 Å². The Morgan fingerprint density at radius 1 is 1.08 bits per heavy atom. The maximum Gasteiger partial charge on any atom is 0.167 e. The van der Waals surface area contributed by atoms with Crippen LogP contribution in [0.1, 0.15) is 31.3 Å². The molecule has 124 valence electrons.